The molecule has 0 N–H and O–H groups in total. The van der Waals surface area contributed by atoms with Crippen molar-refractivity contribution in [3.8, 4) is 0 Å². The van der Waals surface area contributed by atoms with Gasteiger partial charge in [0.2, 0.25) is 0 Å². The molecule has 0 amide bonds. The summed E-state index contributed by atoms with van der Waals surface area (Å²) in [7, 11) is 0. The van der Waals surface area contributed by atoms with E-state index in [1.807, 2.05) is 13.8 Å². The first-order valence-corrected chi connectivity index (χ1v) is 11.5. The normalized spacial score (nSPS) is 46.4. The lowest BCUT2D eigenvalue weighted by atomic mass is 9.49. The van der Waals surface area contributed by atoms with Crippen LogP contribution in [0.15, 0.2) is 12.7 Å². The van der Waals surface area contributed by atoms with E-state index in [0.717, 1.165) is 37.0 Å². The predicted octanol–water partition coefficient (Wildman–Crippen LogP) is 8.04. The molecule has 0 aromatic rings. The molecule has 0 aromatic heterocycles. The molecule has 4 aliphatic rings. The SMILES string of the molecule is C=CCC1CCC2C3CCC4CC(C(F)(F)F)CCC4C3CCC12C.CC. The molecule has 0 spiro atoms. The first-order chi connectivity index (χ1) is 12.8. The number of rotatable bonds is 2. The van der Waals surface area contributed by atoms with Crippen molar-refractivity contribution < 1.29 is 13.2 Å². The number of fused-ring (bicyclic) bond motifs is 5. The highest BCUT2D eigenvalue weighted by Crippen LogP contribution is 2.65. The topological polar surface area (TPSA) is 0 Å². The molecule has 8 atom stereocenters. The van der Waals surface area contributed by atoms with Crippen LogP contribution in [0.2, 0.25) is 0 Å². The van der Waals surface area contributed by atoms with Crippen LogP contribution >= 0.6 is 0 Å². The average molecular weight is 385 g/mol. The summed E-state index contributed by atoms with van der Waals surface area (Å²) in [6.45, 7) is 10.5. The van der Waals surface area contributed by atoms with Crippen molar-refractivity contribution in [3.05, 3.63) is 12.7 Å². The predicted molar refractivity (Wildman–Crippen MR) is 106 cm³/mol. The molecule has 156 valence electrons. The van der Waals surface area contributed by atoms with Crippen molar-refractivity contribution >= 4 is 0 Å². The molecule has 0 aliphatic heterocycles. The van der Waals surface area contributed by atoms with E-state index in [1.165, 1.54) is 32.1 Å². The summed E-state index contributed by atoms with van der Waals surface area (Å²) in [5, 5.41) is 0. The van der Waals surface area contributed by atoms with Crippen LogP contribution in [0.4, 0.5) is 13.2 Å². The van der Waals surface area contributed by atoms with Gasteiger partial charge in [0.05, 0.1) is 5.92 Å². The Bertz CT molecular complexity index is 510. The Balaban J connectivity index is 0.00000102. The third kappa shape index (κ3) is 3.73. The molecule has 8 unspecified atom stereocenters. The second kappa shape index (κ2) is 8.11. The molecule has 0 bridgehead atoms. The number of halogens is 3. The highest BCUT2D eigenvalue weighted by molar-refractivity contribution is 5.06. The molecular formula is C24H39F3. The maximum absolute atomic E-state index is 13.2. The zero-order valence-electron chi connectivity index (χ0n) is 17.5. The second-order valence-corrected chi connectivity index (χ2v) is 9.83. The van der Waals surface area contributed by atoms with Crippen LogP contribution in [0.5, 0.6) is 0 Å². The van der Waals surface area contributed by atoms with Crippen molar-refractivity contribution in [3.63, 3.8) is 0 Å². The van der Waals surface area contributed by atoms with Crippen molar-refractivity contribution in [2.45, 2.75) is 91.2 Å². The molecule has 0 saturated heterocycles. The van der Waals surface area contributed by atoms with Crippen molar-refractivity contribution in [1.29, 1.82) is 0 Å². The van der Waals surface area contributed by atoms with Crippen LogP contribution in [0.25, 0.3) is 0 Å². The summed E-state index contributed by atoms with van der Waals surface area (Å²) >= 11 is 0. The van der Waals surface area contributed by atoms with E-state index in [0.29, 0.717) is 36.0 Å². The number of allylic oxidation sites excluding steroid dienone is 1. The summed E-state index contributed by atoms with van der Waals surface area (Å²) in [4.78, 5) is 0. The standard InChI is InChI=1S/C22H33F3.C2H6/c1-3-4-15-7-10-20-19-8-5-14-13-16(22(23,24)25)6-9-17(14)18(19)11-12-21(15,20)2;1-2/h3,14-20H,1,4-13H2,2H3;1-2H3. The Labute approximate surface area is 164 Å². The van der Waals surface area contributed by atoms with Crippen LogP contribution in [-0.2, 0) is 0 Å². The minimum Gasteiger partial charge on any atom is -0.171 e. The summed E-state index contributed by atoms with van der Waals surface area (Å²) in [5.41, 5.74) is 0.464. The number of hydrogen-bond acceptors (Lipinski definition) is 0. The highest BCUT2D eigenvalue weighted by Gasteiger charge is 2.57. The van der Waals surface area contributed by atoms with E-state index in [4.69, 9.17) is 0 Å². The van der Waals surface area contributed by atoms with Gasteiger partial charge in [-0.25, -0.2) is 0 Å². The fourth-order valence-corrected chi connectivity index (χ4v) is 7.85. The lowest BCUT2D eigenvalue weighted by Gasteiger charge is -2.56. The van der Waals surface area contributed by atoms with E-state index in [1.54, 1.807) is 0 Å². The van der Waals surface area contributed by atoms with Gasteiger partial charge in [-0.3, -0.25) is 0 Å². The minimum absolute atomic E-state index is 0.344. The Morgan fingerprint density at radius 1 is 0.926 bits per heavy atom. The largest absolute Gasteiger partial charge is 0.391 e. The highest BCUT2D eigenvalue weighted by atomic mass is 19.4. The van der Waals surface area contributed by atoms with Crippen molar-refractivity contribution in [2.75, 3.05) is 0 Å². The molecule has 4 rings (SSSR count). The van der Waals surface area contributed by atoms with Gasteiger partial charge in [0.25, 0.3) is 0 Å². The quantitative estimate of drug-likeness (QED) is 0.423. The van der Waals surface area contributed by atoms with Gasteiger partial charge in [-0.15, -0.1) is 6.58 Å². The molecule has 0 heterocycles. The molecule has 3 heteroatoms. The first-order valence-electron chi connectivity index (χ1n) is 11.5. The summed E-state index contributed by atoms with van der Waals surface area (Å²) in [5.74, 6) is 3.01. The maximum atomic E-state index is 13.2. The van der Waals surface area contributed by atoms with Crippen LogP contribution < -0.4 is 0 Å². The van der Waals surface area contributed by atoms with Gasteiger partial charge in [0.15, 0.2) is 0 Å². The van der Waals surface area contributed by atoms with Gasteiger partial charge in [0, 0.05) is 0 Å². The van der Waals surface area contributed by atoms with Gasteiger partial charge >= 0.3 is 6.18 Å². The molecule has 4 fully saturated rings. The monoisotopic (exact) mass is 384 g/mol. The maximum Gasteiger partial charge on any atom is 0.391 e. The van der Waals surface area contributed by atoms with Gasteiger partial charge in [-0.1, -0.05) is 26.8 Å². The van der Waals surface area contributed by atoms with Crippen LogP contribution in [0.1, 0.15) is 85.0 Å². The fraction of sp³-hybridized carbons (Fsp3) is 0.917. The fourth-order valence-electron chi connectivity index (χ4n) is 7.85. The zero-order valence-corrected chi connectivity index (χ0v) is 17.5. The van der Waals surface area contributed by atoms with Gasteiger partial charge in [-0.05, 0) is 105 Å². The third-order valence-corrected chi connectivity index (χ3v) is 9.06. The van der Waals surface area contributed by atoms with Gasteiger partial charge < -0.3 is 0 Å². The zero-order chi connectivity index (χ0) is 19.8. The van der Waals surface area contributed by atoms with Gasteiger partial charge in [0.1, 0.15) is 0 Å². The van der Waals surface area contributed by atoms with Crippen molar-refractivity contribution in [1.82, 2.24) is 0 Å². The molecule has 0 aromatic carbocycles. The molecule has 0 nitrogen and oxygen atoms in total. The van der Waals surface area contributed by atoms with E-state index in [-0.39, 0.29) is 0 Å². The lowest BCUT2D eigenvalue weighted by Crippen LogP contribution is -2.49. The minimum atomic E-state index is -3.98. The summed E-state index contributed by atoms with van der Waals surface area (Å²) in [6.07, 6.45) is 8.38. The smallest absolute Gasteiger partial charge is 0.171 e. The average Bonchev–Trinajstić information content (AvgIpc) is 2.99. The van der Waals surface area contributed by atoms with Crippen LogP contribution in [0.3, 0.4) is 0 Å². The van der Waals surface area contributed by atoms with E-state index >= 15 is 0 Å². The summed E-state index contributed by atoms with van der Waals surface area (Å²) in [6, 6.07) is 0. The van der Waals surface area contributed by atoms with E-state index < -0.39 is 12.1 Å². The summed E-state index contributed by atoms with van der Waals surface area (Å²) < 4.78 is 39.5. The molecule has 4 saturated carbocycles. The van der Waals surface area contributed by atoms with Crippen LogP contribution in [0, 0.1) is 46.8 Å². The third-order valence-electron chi connectivity index (χ3n) is 9.06. The second-order valence-electron chi connectivity index (χ2n) is 9.83. The van der Waals surface area contributed by atoms with Crippen LogP contribution in [-0.4, -0.2) is 6.18 Å². The molecule has 27 heavy (non-hydrogen) atoms. The Morgan fingerprint density at radius 3 is 2.30 bits per heavy atom. The molecular weight excluding hydrogens is 345 g/mol. The first kappa shape index (κ1) is 21.2. The van der Waals surface area contributed by atoms with Gasteiger partial charge in [-0.2, -0.15) is 13.2 Å². The molecule has 4 aliphatic carbocycles. The Kier molecular flexibility index (Phi) is 6.38. The number of alkyl halides is 3. The number of hydrogen-bond donors (Lipinski definition) is 0. The Morgan fingerprint density at radius 2 is 1.63 bits per heavy atom. The van der Waals surface area contributed by atoms with Crippen molar-refractivity contribution in [2.24, 2.45) is 46.8 Å². The van der Waals surface area contributed by atoms with E-state index in [9.17, 15) is 13.2 Å². The Hall–Kier alpha value is -0.470. The van der Waals surface area contributed by atoms with E-state index in [2.05, 4.69) is 19.6 Å². The lowest BCUT2D eigenvalue weighted by molar-refractivity contribution is -0.196. The molecule has 0 radical (unpaired) electrons.